The summed E-state index contributed by atoms with van der Waals surface area (Å²) in [5.74, 6) is 0. The number of hydrogen-bond donors (Lipinski definition) is 0. The topological polar surface area (TPSA) is 6.48 Å². The molecule has 108 heavy (non-hydrogen) atoms. The molecule has 0 radical (unpaired) electrons. The van der Waals surface area contributed by atoms with Gasteiger partial charge in [0.1, 0.15) is 0 Å². The zero-order valence-corrected chi connectivity index (χ0v) is 63.8. The van der Waals surface area contributed by atoms with Crippen LogP contribution in [-0.4, -0.2) is 0 Å². The van der Waals surface area contributed by atoms with Crippen molar-refractivity contribution < 1.29 is 0 Å². The first-order chi connectivity index (χ1) is 52.2. The molecule has 0 aliphatic heterocycles. The molecule has 0 atom stereocenters. The Morgan fingerprint density at radius 3 is 0.713 bits per heavy atom. The van der Waals surface area contributed by atoms with Gasteiger partial charge in [0.2, 0.25) is 0 Å². The third-order valence-electron chi connectivity index (χ3n) is 25.6. The van der Waals surface area contributed by atoms with Crippen molar-refractivity contribution in [1.29, 1.82) is 0 Å². The van der Waals surface area contributed by atoms with Crippen LogP contribution in [0.15, 0.2) is 303 Å². The lowest BCUT2D eigenvalue weighted by atomic mass is 9.80. The van der Waals surface area contributed by atoms with E-state index in [1.807, 2.05) is 0 Å². The summed E-state index contributed by atoms with van der Waals surface area (Å²) in [6.45, 7) is 28.4. The summed E-state index contributed by atoms with van der Waals surface area (Å²) in [6, 6.07) is 116. The largest absolute Gasteiger partial charge is 0.309 e. The molecule has 16 aromatic rings. The Morgan fingerprint density at radius 1 is 0.185 bits per heavy atom. The fourth-order valence-electron chi connectivity index (χ4n) is 20.1. The van der Waals surface area contributed by atoms with Gasteiger partial charge in [-0.3, -0.25) is 0 Å². The molecule has 20 rings (SSSR count). The van der Waals surface area contributed by atoms with E-state index in [0.29, 0.717) is 0 Å². The van der Waals surface area contributed by atoms with Gasteiger partial charge in [-0.05, 0) is 302 Å². The second-order valence-corrected chi connectivity index (χ2v) is 33.4. The second-order valence-electron chi connectivity index (χ2n) is 33.4. The Balaban J connectivity index is 0.649. The number of fused-ring (bicyclic) bond motifs is 17. The van der Waals surface area contributed by atoms with E-state index < -0.39 is 0 Å². The van der Waals surface area contributed by atoms with Crippen molar-refractivity contribution in [2.45, 2.75) is 105 Å². The predicted octanol–water partition coefficient (Wildman–Crippen LogP) is 29.2. The summed E-state index contributed by atoms with van der Waals surface area (Å²) >= 11 is 0. The molecule has 0 amide bonds. The maximum Gasteiger partial charge on any atom is 0.0546 e. The average Bonchev–Trinajstić information content (AvgIpc) is 1.04. The van der Waals surface area contributed by atoms with E-state index in [2.05, 4.69) is 396 Å². The van der Waals surface area contributed by atoms with Crippen LogP contribution >= 0.6 is 0 Å². The maximum atomic E-state index is 2.54. The molecule has 2 heteroatoms. The van der Waals surface area contributed by atoms with Gasteiger partial charge >= 0.3 is 0 Å². The monoisotopic (exact) mass is 1390 g/mol. The highest BCUT2D eigenvalue weighted by molar-refractivity contribution is 6.25. The number of benzene rings is 16. The van der Waals surface area contributed by atoms with E-state index in [0.717, 1.165) is 22.7 Å². The Kier molecular flexibility index (Phi) is 14.4. The van der Waals surface area contributed by atoms with Crippen molar-refractivity contribution in [1.82, 2.24) is 0 Å². The van der Waals surface area contributed by atoms with Crippen molar-refractivity contribution in [2.24, 2.45) is 0 Å². The predicted molar refractivity (Wildman–Crippen MR) is 459 cm³/mol. The zero-order chi connectivity index (χ0) is 73.6. The van der Waals surface area contributed by atoms with E-state index in [1.54, 1.807) is 0 Å². The van der Waals surface area contributed by atoms with E-state index in [9.17, 15) is 0 Å². The van der Waals surface area contributed by atoms with E-state index in [-0.39, 0.29) is 21.7 Å². The van der Waals surface area contributed by atoms with Gasteiger partial charge in [0.05, 0.1) is 22.7 Å². The summed E-state index contributed by atoms with van der Waals surface area (Å²) in [5, 5.41) is 7.20. The first-order valence-corrected chi connectivity index (χ1v) is 38.6. The first kappa shape index (κ1) is 65.4. The third-order valence-corrected chi connectivity index (χ3v) is 25.6. The van der Waals surface area contributed by atoms with Crippen molar-refractivity contribution in [3.8, 4) is 89.0 Å². The van der Waals surface area contributed by atoms with Crippen molar-refractivity contribution in [3.63, 3.8) is 0 Å². The Morgan fingerprint density at radius 2 is 0.417 bits per heavy atom. The fraction of sp³-hybridized carbons (Fsp3) is 0.151. The van der Waals surface area contributed by atoms with Crippen molar-refractivity contribution in [2.75, 3.05) is 9.80 Å². The molecule has 0 bridgehead atoms. The molecular formula is C106H86N2. The molecule has 0 unspecified atom stereocenters. The minimum atomic E-state index is -0.205. The minimum Gasteiger partial charge on any atom is -0.309 e. The van der Waals surface area contributed by atoms with E-state index >= 15 is 0 Å². The summed E-state index contributed by atoms with van der Waals surface area (Å²) in [6.07, 6.45) is 0. The van der Waals surface area contributed by atoms with Crippen LogP contribution in [0.3, 0.4) is 0 Å². The number of hydrogen-bond acceptors (Lipinski definition) is 2. The van der Waals surface area contributed by atoms with Gasteiger partial charge in [0, 0.05) is 43.8 Å². The number of nitrogens with zero attached hydrogens (tertiary/aromatic N) is 2. The van der Waals surface area contributed by atoms with E-state index in [4.69, 9.17) is 0 Å². The molecule has 0 fully saturated rings. The van der Waals surface area contributed by atoms with Gasteiger partial charge in [0.25, 0.3) is 0 Å². The number of aryl methyl sites for hydroxylation is 4. The molecule has 4 aliphatic carbocycles. The van der Waals surface area contributed by atoms with Crippen LogP contribution < -0.4 is 9.80 Å². The molecule has 520 valence electrons. The smallest absolute Gasteiger partial charge is 0.0546 e. The molecule has 4 aliphatic rings. The van der Waals surface area contributed by atoms with Gasteiger partial charge in [-0.2, -0.15) is 0 Å². The molecule has 0 spiro atoms. The number of anilines is 6. The van der Waals surface area contributed by atoms with E-state index in [1.165, 1.54) is 199 Å². The summed E-state index contributed by atoms with van der Waals surface area (Å²) < 4.78 is 0. The molecular weight excluding hydrogens is 1300 g/mol. The molecule has 0 saturated carbocycles. The molecule has 2 nitrogen and oxygen atoms in total. The molecule has 16 aromatic carbocycles. The minimum absolute atomic E-state index is 0.0572. The second kappa shape index (κ2) is 23.7. The first-order valence-electron chi connectivity index (χ1n) is 38.6. The highest BCUT2D eigenvalue weighted by Crippen LogP contribution is 2.58. The molecule has 0 N–H and O–H groups in total. The molecule has 0 saturated heterocycles. The van der Waals surface area contributed by atoms with Gasteiger partial charge in [-0.1, -0.05) is 262 Å². The Hall–Kier alpha value is -12.1. The normalized spacial score (nSPS) is 14.6. The Bertz CT molecular complexity index is 6090. The third kappa shape index (κ3) is 9.64. The van der Waals surface area contributed by atoms with Crippen LogP contribution in [0.4, 0.5) is 34.1 Å². The van der Waals surface area contributed by atoms with Crippen molar-refractivity contribution >= 4 is 66.4 Å². The van der Waals surface area contributed by atoms with Crippen LogP contribution in [0.25, 0.3) is 121 Å². The quantitative estimate of drug-likeness (QED) is 0.126. The Labute approximate surface area is 635 Å². The zero-order valence-electron chi connectivity index (χ0n) is 63.8. The van der Waals surface area contributed by atoms with Crippen molar-refractivity contribution in [3.05, 3.63) is 370 Å². The standard InChI is InChI=1S/C106H86N2/c1-63-51-73(71-43-49-85-83-47-41-69(57-95(83)105(9,10)97(85)59-71)67-39-45-81-79-33-23-25-37-91(79)103(5,6)93(81)55-67)52-64(2)101(63)107(75-27-15-13-16-28-75)99-61-89-78-32-20-22-36-88(78)100(62-90(89)77-31-19-21-35-87(77)99)108(76-29-17-14-18-30-76)102-65(3)53-74(54-66(102)4)72-44-50-86-84-48-42-70(58-96(84)106(11,12)98(86)60-72)68-40-46-82-80-34-24-26-38-92(80)104(7,8)94(82)56-68/h13-62H,1-12H3. The lowest BCUT2D eigenvalue weighted by Crippen LogP contribution is -2.15. The summed E-state index contributed by atoms with van der Waals surface area (Å²) in [7, 11) is 0. The average molecular weight is 1390 g/mol. The summed E-state index contributed by atoms with van der Waals surface area (Å²) in [4.78, 5) is 5.08. The van der Waals surface area contributed by atoms with Gasteiger partial charge < -0.3 is 9.80 Å². The van der Waals surface area contributed by atoms with Gasteiger partial charge in [0.15, 0.2) is 0 Å². The molecule has 0 aromatic heterocycles. The lowest BCUT2D eigenvalue weighted by Gasteiger charge is -2.32. The van der Waals surface area contributed by atoms with Crippen LogP contribution in [0.1, 0.15) is 122 Å². The van der Waals surface area contributed by atoms with Crippen LogP contribution in [0.5, 0.6) is 0 Å². The SMILES string of the molecule is Cc1cc(-c2ccc3c(c2)C(C)(C)c2cc(-c4ccc5c(c4)C(C)(C)c4ccccc4-5)ccc2-3)cc(C)c1N(c1ccccc1)c1cc2c3ccccc3c(N(c3ccccc3)c3c(C)cc(-c4ccc5c(c4)C(C)(C)c4cc(-c6ccc7c(c6)C(C)(C)c6ccccc6-7)ccc4-5)cc3C)cc2c2ccccc12. The number of para-hydroxylation sites is 2. The van der Waals surface area contributed by atoms with Crippen LogP contribution in [-0.2, 0) is 21.7 Å². The maximum absolute atomic E-state index is 2.54. The highest BCUT2D eigenvalue weighted by atomic mass is 15.2. The number of rotatable bonds is 10. The van der Waals surface area contributed by atoms with Gasteiger partial charge in [-0.25, -0.2) is 0 Å². The summed E-state index contributed by atoms with van der Waals surface area (Å²) in [5.41, 5.74) is 43.1. The van der Waals surface area contributed by atoms with Crippen LogP contribution in [0, 0.1) is 27.7 Å². The van der Waals surface area contributed by atoms with Gasteiger partial charge in [-0.15, -0.1) is 0 Å². The highest BCUT2D eigenvalue weighted by Gasteiger charge is 2.41. The lowest BCUT2D eigenvalue weighted by molar-refractivity contribution is 0.659. The van der Waals surface area contributed by atoms with Crippen LogP contribution in [0.2, 0.25) is 0 Å². The molecule has 0 heterocycles. The fourth-order valence-corrected chi connectivity index (χ4v) is 20.1.